The summed E-state index contributed by atoms with van der Waals surface area (Å²) in [6.45, 7) is 4.64. The highest BCUT2D eigenvalue weighted by atomic mass is 16.8. The first-order valence-corrected chi connectivity index (χ1v) is 8.68. The molecule has 0 unspecified atom stereocenters. The van der Waals surface area contributed by atoms with Crippen molar-refractivity contribution in [1.82, 2.24) is 10.6 Å². The van der Waals surface area contributed by atoms with E-state index in [2.05, 4.69) is 10.6 Å². The third kappa shape index (κ3) is 4.42. The Morgan fingerprint density at radius 2 is 2.08 bits per heavy atom. The quantitative estimate of drug-likeness (QED) is 0.297. The van der Waals surface area contributed by atoms with E-state index in [0.29, 0.717) is 12.7 Å². The molecule has 2 aliphatic heterocycles. The Bertz CT molecular complexity index is 448. The van der Waals surface area contributed by atoms with Gasteiger partial charge in [0, 0.05) is 18.5 Å². The van der Waals surface area contributed by atoms with Crippen LogP contribution < -0.4 is 10.6 Å². The Balaban J connectivity index is 1.91. The largest absolute Gasteiger partial charge is 0.511 e. The molecule has 2 fully saturated rings. The molecule has 0 saturated carbocycles. The third-order valence-electron chi connectivity index (χ3n) is 4.71. The lowest BCUT2D eigenvalue weighted by Gasteiger charge is -2.32. The summed E-state index contributed by atoms with van der Waals surface area (Å²) in [5.41, 5.74) is -0.728. The first-order chi connectivity index (χ1) is 11.5. The predicted octanol–water partition coefficient (Wildman–Crippen LogP) is 1.13. The van der Waals surface area contributed by atoms with E-state index in [1.54, 1.807) is 13.8 Å². The summed E-state index contributed by atoms with van der Waals surface area (Å²) < 4.78 is 14.9. The molecule has 0 spiro atoms. The van der Waals surface area contributed by atoms with Gasteiger partial charge in [-0.05, 0) is 33.2 Å². The number of hydrogen-bond acceptors (Lipinski definition) is 7. The highest BCUT2D eigenvalue weighted by molar-refractivity contribution is 6.08. The van der Waals surface area contributed by atoms with Gasteiger partial charge in [-0.25, -0.2) is 9.59 Å². The number of ether oxygens (including phenoxy) is 3. The molecule has 0 bridgehead atoms. The molecule has 2 saturated heterocycles. The van der Waals surface area contributed by atoms with Crippen molar-refractivity contribution in [2.75, 3.05) is 19.9 Å². The zero-order valence-electron chi connectivity index (χ0n) is 14.5. The van der Waals surface area contributed by atoms with Crippen molar-refractivity contribution in [2.45, 2.75) is 63.5 Å². The Kier molecular flexibility index (Phi) is 6.92. The van der Waals surface area contributed by atoms with E-state index < -0.39 is 18.5 Å². The van der Waals surface area contributed by atoms with Crippen LogP contribution in [-0.2, 0) is 19.0 Å². The lowest BCUT2D eigenvalue weighted by atomic mass is 9.78. The van der Waals surface area contributed by atoms with Gasteiger partial charge in [0.2, 0.25) is 6.79 Å². The molecule has 7 nitrogen and oxygen atoms in total. The molecule has 0 aromatic rings. The summed E-state index contributed by atoms with van der Waals surface area (Å²) >= 11 is 0. The minimum atomic E-state index is -0.838. The number of carbonyl (C=O) groups excluding carboxylic acids is 2. The van der Waals surface area contributed by atoms with Crippen LogP contribution in [0.3, 0.4) is 0 Å². The summed E-state index contributed by atoms with van der Waals surface area (Å²) in [5.74, 6) is -0.182. The molecule has 2 rings (SSSR count). The first-order valence-electron chi connectivity index (χ1n) is 8.68. The molecule has 2 heterocycles. The lowest BCUT2D eigenvalue weighted by molar-refractivity contribution is -0.163. The van der Waals surface area contributed by atoms with Crippen molar-refractivity contribution in [2.24, 2.45) is 5.92 Å². The SMILES string of the molecule is [B]CCCC[C@@]1(C(=O)OCOC(=O)OC(C)C)NC[C@@H]2NCC[C@@H]21. The van der Waals surface area contributed by atoms with Crippen molar-refractivity contribution < 1.29 is 23.8 Å². The van der Waals surface area contributed by atoms with Gasteiger partial charge >= 0.3 is 12.1 Å². The molecule has 2 N–H and O–H groups in total. The summed E-state index contributed by atoms with van der Waals surface area (Å²) in [4.78, 5) is 24.1. The lowest BCUT2D eigenvalue weighted by Crippen LogP contribution is -2.53. The number of fused-ring (bicyclic) bond motifs is 1. The van der Waals surface area contributed by atoms with E-state index in [-0.39, 0.29) is 24.0 Å². The fourth-order valence-electron chi connectivity index (χ4n) is 3.63. The average Bonchev–Trinajstić information content (AvgIpc) is 3.10. The zero-order chi connectivity index (χ0) is 17.6. The number of unbranched alkanes of at least 4 members (excludes halogenated alkanes) is 1. The zero-order valence-corrected chi connectivity index (χ0v) is 14.5. The van der Waals surface area contributed by atoms with E-state index in [1.165, 1.54) is 0 Å². The van der Waals surface area contributed by atoms with Crippen LogP contribution >= 0.6 is 0 Å². The highest BCUT2D eigenvalue weighted by Crippen LogP contribution is 2.38. The smallest absolute Gasteiger partial charge is 0.431 e. The summed E-state index contributed by atoms with van der Waals surface area (Å²) in [7, 11) is 5.57. The van der Waals surface area contributed by atoms with Crippen LogP contribution in [-0.4, -0.2) is 57.5 Å². The van der Waals surface area contributed by atoms with Crippen LogP contribution in [0.1, 0.15) is 39.5 Å². The van der Waals surface area contributed by atoms with Crippen LogP contribution in [0.5, 0.6) is 0 Å². The average molecular weight is 338 g/mol. The van der Waals surface area contributed by atoms with Crippen LogP contribution in [0.15, 0.2) is 0 Å². The van der Waals surface area contributed by atoms with Crippen LogP contribution in [0, 0.1) is 5.92 Å². The first kappa shape index (κ1) is 19.1. The van der Waals surface area contributed by atoms with Gasteiger partial charge in [0.25, 0.3) is 0 Å². The molecule has 0 aliphatic carbocycles. The maximum atomic E-state index is 12.7. The van der Waals surface area contributed by atoms with Crippen LogP contribution in [0.4, 0.5) is 4.79 Å². The number of carbonyl (C=O) groups is 2. The molecule has 0 amide bonds. The Morgan fingerprint density at radius 1 is 1.29 bits per heavy atom. The molecule has 0 aromatic carbocycles. The minimum Gasteiger partial charge on any atom is -0.431 e. The highest BCUT2D eigenvalue weighted by Gasteiger charge is 2.55. The third-order valence-corrected chi connectivity index (χ3v) is 4.71. The van der Waals surface area contributed by atoms with E-state index in [4.69, 9.17) is 22.1 Å². The number of hydrogen-bond donors (Lipinski definition) is 2. The van der Waals surface area contributed by atoms with Crippen LogP contribution in [0.2, 0.25) is 6.32 Å². The fourth-order valence-corrected chi connectivity index (χ4v) is 3.63. The molecule has 3 atom stereocenters. The molecule has 2 radical (unpaired) electrons. The minimum absolute atomic E-state index is 0.186. The topological polar surface area (TPSA) is 85.9 Å². The van der Waals surface area contributed by atoms with Gasteiger partial charge in [-0.15, -0.1) is 0 Å². The number of rotatable bonds is 8. The van der Waals surface area contributed by atoms with Gasteiger partial charge in [0.05, 0.1) is 14.0 Å². The summed E-state index contributed by atoms with van der Waals surface area (Å²) in [5, 5.41) is 6.77. The maximum absolute atomic E-state index is 12.7. The summed E-state index contributed by atoms with van der Waals surface area (Å²) in [6.07, 6.45) is 2.78. The van der Waals surface area contributed by atoms with Gasteiger partial charge in [-0.2, -0.15) is 0 Å². The number of nitrogens with one attached hydrogen (secondary N) is 2. The van der Waals surface area contributed by atoms with Gasteiger partial charge in [-0.3, -0.25) is 0 Å². The molecular weight excluding hydrogens is 311 g/mol. The Labute approximate surface area is 144 Å². The normalized spacial score (nSPS) is 28.6. The molecule has 8 heteroatoms. The molecule has 0 aromatic heterocycles. The monoisotopic (exact) mass is 338 g/mol. The predicted molar refractivity (Wildman–Crippen MR) is 88.7 cm³/mol. The second-order valence-corrected chi connectivity index (χ2v) is 6.66. The van der Waals surface area contributed by atoms with E-state index >= 15 is 0 Å². The molecule has 134 valence electrons. The van der Waals surface area contributed by atoms with Gasteiger partial charge in [-0.1, -0.05) is 19.2 Å². The van der Waals surface area contributed by atoms with Crippen molar-refractivity contribution in [3.05, 3.63) is 0 Å². The van der Waals surface area contributed by atoms with Crippen molar-refractivity contribution >= 4 is 20.0 Å². The second kappa shape index (κ2) is 8.71. The van der Waals surface area contributed by atoms with Gasteiger partial charge in [0.1, 0.15) is 5.54 Å². The van der Waals surface area contributed by atoms with E-state index in [0.717, 1.165) is 32.4 Å². The second-order valence-electron chi connectivity index (χ2n) is 6.66. The van der Waals surface area contributed by atoms with Crippen molar-refractivity contribution in [3.8, 4) is 0 Å². The van der Waals surface area contributed by atoms with Crippen molar-refractivity contribution in [1.29, 1.82) is 0 Å². The maximum Gasteiger partial charge on any atom is 0.511 e. The molecule has 24 heavy (non-hydrogen) atoms. The molecular formula is C16H27BN2O5. The van der Waals surface area contributed by atoms with E-state index in [1.807, 2.05) is 0 Å². The Hall–Kier alpha value is -1.28. The Morgan fingerprint density at radius 3 is 2.79 bits per heavy atom. The summed E-state index contributed by atoms with van der Waals surface area (Å²) in [6, 6.07) is 0.280. The van der Waals surface area contributed by atoms with Crippen molar-refractivity contribution in [3.63, 3.8) is 0 Å². The van der Waals surface area contributed by atoms with E-state index in [9.17, 15) is 9.59 Å². The van der Waals surface area contributed by atoms with Gasteiger partial charge < -0.3 is 24.8 Å². The van der Waals surface area contributed by atoms with Gasteiger partial charge in [0.15, 0.2) is 0 Å². The fraction of sp³-hybridized carbons (Fsp3) is 0.875. The standard InChI is InChI=1S/C16H27BN2O5/c1-11(2)24-15(21)23-10-22-14(20)16(6-3-4-7-17)12-5-8-18-13(12)9-19-16/h11-13,18-19H,3-10H2,1-2H3/t12-,13-,16+/m0/s1. The number of esters is 1. The van der Waals surface area contributed by atoms with Crippen LogP contribution in [0.25, 0.3) is 0 Å². The molecule has 2 aliphatic rings.